The van der Waals surface area contributed by atoms with Gasteiger partial charge in [-0.25, -0.2) is 0 Å². The van der Waals surface area contributed by atoms with Crippen LogP contribution >= 0.6 is 0 Å². The molecule has 1 heterocycles. The van der Waals surface area contributed by atoms with Gasteiger partial charge in [-0.2, -0.15) is 0 Å². The lowest BCUT2D eigenvalue weighted by Crippen LogP contribution is -2.45. The SMILES string of the molecule is CCCCCCCC(=O)NC1CCN(CCc2ccccc2)CC1. The van der Waals surface area contributed by atoms with Crippen molar-refractivity contribution in [1.29, 1.82) is 0 Å². The highest BCUT2D eigenvalue weighted by Gasteiger charge is 2.20. The van der Waals surface area contributed by atoms with Crippen molar-refractivity contribution >= 4 is 5.91 Å². The molecule has 1 fully saturated rings. The number of carbonyl (C=O) groups excluding carboxylic acids is 1. The molecule has 0 atom stereocenters. The van der Waals surface area contributed by atoms with Gasteiger partial charge < -0.3 is 10.2 Å². The Balaban J connectivity index is 1.54. The Morgan fingerprint density at radius 3 is 2.50 bits per heavy atom. The molecular weight excluding hydrogens is 296 g/mol. The quantitative estimate of drug-likeness (QED) is 0.653. The van der Waals surface area contributed by atoms with E-state index in [1.54, 1.807) is 0 Å². The molecule has 24 heavy (non-hydrogen) atoms. The lowest BCUT2D eigenvalue weighted by Gasteiger charge is -2.32. The second-order valence-corrected chi connectivity index (χ2v) is 7.08. The summed E-state index contributed by atoms with van der Waals surface area (Å²) in [6.07, 6.45) is 10.1. The monoisotopic (exact) mass is 330 g/mol. The summed E-state index contributed by atoms with van der Waals surface area (Å²) in [5.74, 6) is 0.259. The largest absolute Gasteiger partial charge is 0.353 e. The molecule has 0 spiro atoms. The second kappa shape index (κ2) is 11.2. The highest BCUT2D eigenvalue weighted by atomic mass is 16.1. The molecule has 1 amide bonds. The van der Waals surface area contributed by atoms with Crippen LogP contribution in [-0.2, 0) is 11.2 Å². The average molecular weight is 331 g/mol. The van der Waals surface area contributed by atoms with Gasteiger partial charge in [-0.1, -0.05) is 62.9 Å². The van der Waals surface area contributed by atoms with E-state index in [1.165, 1.54) is 31.2 Å². The van der Waals surface area contributed by atoms with Gasteiger partial charge >= 0.3 is 0 Å². The molecule has 0 bridgehead atoms. The van der Waals surface area contributed by atoms with Gasteiger partial charge in [0.05, 0.1) is 0 Å². The Labute approximate surface area is 147 Å². The number of nitrogens with zero attached hydrogens (tertiary/aromatic N) is 1. The van der Waals surface area contributed by atoms with Crippen LogP contribution in [0.4, 0.5) is 0 Å². The van der Waals surface area contributed by atoms with Crippen LogP contribution in [0.5, 0.6) is 0 Å². The highest BCUT2D eigenvalue weighted by molar-refractivity contribution is 5.76. The number of hydrogen-bond acceptors (Lipinski definition) is 2. The zero-order valence-electron chi connectivity index (χ0n) is 15.3. The van der Waals surface area contributed by atoms with E-state index in [4.69, 9.17) is 0 Å². The maximum absolute atomic E-state index is 12.0. The highest BCUT2D eigenvalue weighted by Crippen LogP contribution is 2.12. The number of carbonyl (C=O) groups is 1. The normalized spacial score (nSPS) is 16.2. The van der Waals surface area contributed by atoms with E-state index in [9.17, 15) is 4.79 Å². The van der Waals surface area contributed by atoms with Crippen molar-refractivity contribution in [2.24, 2.45) is 0 Å². The van der Waals surface area contributed by atoms with Crippen LogP contribution in [0.15, 0.2) is 30.3 Å². The third-order valence-electron chi connectivity index (χ3n) is 5.02. The fraction of sp³-hybridized carbons (Fsp3) is 0.667. The van der Waals surface area contributed by atoms with Crippen molar-refractivity contribution in [2.45, 2.75) is 70.8 Å². The lowest BCUT2D eigenvalue weighted by atomic mass is 10.0. The molecule has 3 nitrogen and oxygen atoms in total. The molecule has 2 rings (SSSR count). The Kier molecular flexibility index (Phi) is 8.90. The summed E-state index contributed by atoms with van der Waals surface area (Å²) >= 11 is 0. The zero-order chi connectivity index (χ0) is 17.0. The number of benzene rings is 1. The Morgan fingerprint density at radius 1 is 1.08 bits per heavy atom. The minimum atomic E-state index is 0.259. The first-order chi connectivity index (χ1) is 11.8. The van der Waals surface area contributed by atoms with Crippen molar-refractivity contribution < 1.29 is 4.79 Å². The van der Waals surface area contributed by atoms with Crippen LogP contribution in [0.2, 0.25) is 0 Å². The van der Waals surface area contributed by atoms with Gasteiger partial charge in [-0.05, 0) is 31.2 Å². The van der Waals surface area contributed by atoms with Crippen molar-refractivity contribution in [1.82, 2.24) is 10.2 Å². The van der Waals surface area contributed by atoms with E-state index in [1.807, 2.05) is 0 Å². The predicted octanol–water partition coefficient (Wildman–Crippen LogP) is 4.17. The van der Waals surface area contributed by atoms with E-state index >= 15 is 0 Å². The molecule has 1 N–H and O–H groups in total. The minimum absolute atomic E-state index is 0.259. The summed E-state index contributed by atoms with van der Waals surface area (Å²) in [6, 6.07) is 11.1. The van der Waals surface area contributed by atoms with Crippen LogP contribution in [0.3, 0.4) is 0 Å². The number of rotatable bonds is 10. The van der Waals surface area contributed by atoms with Crippen LogP contribution in [0.25, 0.3) is 0 Å². The molecule has 1 aromatic carbocycles. The molecule has 0 unspecified atom stereocenters. The number of likely N-dealkylation sites (tertiary alicyclic amines) is 1. The Bertz CT molecular complexity index is 452. The number of hydrogen-bond donors (Lipinski definition) is 1. The first-order valence-corrected chi connectivity index (χ1v) is 9.83. The number of unbranched alkanes of at least 4 members (excludes halogenated alkanes) is 4. The molecule has 1 aliphatic rings. The van der Waals surface area contributed by atoms with Crippen molar-refractivity contribution in [2.75, 3.05) is 19.6 Å². The summed E-state index contributed by atoms with van der Waals surface area (Å²) in [4.78, 5) is 14.5. The first kappa shape index (κ1) is 19.0. The van der Waals surface area contributed by atoms with Gasteiger partial charge in [-0.15, -0.1) is 0 Å². The maximum atomic E-state index is 12.0. The maximum Gasteiger partial charge on any atom is 0.220 e. The van der Waals surface area contributed by atoms with Gasteiger partial charge in [0.1, 0.15) is 0 Å². The topological polar surface area (TPSA) is 32.3 Å². The molecule has 0 saturated carbocycles. The standard InChI is InChI=1S/C21H34N2O/c1-2-3-4-5-9-12-21(24)22-20-14-17-23(18-15-20)16-13-19-10-7-6-8-11-19/h6-8,10-11,20H,2-5,9,12-18H2,1H3,(H,22,24). The van der Waals surface area contributed by atoms with Crippen molar-refractivity contribution in [3.05, 3.63) is 35.9 Å². The van der Waals surface area contributed by atoms with E-state index in [0.717, 1.165) is 45.3 Å². The van der Waals surface area contributed by atoms with E-state index in [2.05, 4.69) is 47.5 Å². The van der Waals surface area contributed by atoms with Crippen LogP contribution in [-0.4, -0.2) is 36.5 Å². The van der Waals surface area contributed by atoms with Gasteiger partial charge in [0, 0.05) is 32.1 Å². The van der Waals surface area contributed by atoms with E-state index < -0.39 is 0 Å². The average Bonchev–Trinajstić information content (AvgIpc) is 2.62. The summed E-state index contributed by atoms with van der Waals surface area (Å²) in [5, 5.41) is 3.24. The van der Waals surface area contributed by atoms with Crippen LogP contribution in [0.1, 0.15) is 63.9 Å². The molecule has 0 aromatic heterocycles. The number of nitrogens with one attached hydrogen (secondary N) is 1. The molecule has 0 radical (unpaired) electrons. The smallest absolute Gasteiger partial charge is 0.220 e. The first-order valence-electron chi connectivity index (χ1n) is 9.83. The predicted molar refractivity (Wildman–Crippen MR) is 101 cm³/mol. The van der Waals surface area contributed by atoms with Crippen molar-refractivity contribution in [3.8, 4) is 0 Å². The molecule has 3 heteroatoms. The molecule has 1 saturated heterocycles. The van der Waals surface area contributed by atoms with Gasteiger partial charge in [0.2, 0.25) is 5.91 Å². The van der Waals surface area contributed by atoms with Crippen LogP contribution < -0.4 is 5.32 Å². The molecule has 1 aliphatic heterocycles. The summed E-state index contributed by atoms with van der Waals surface area (Å²) in [5.41, 5.74) is 1.41. The lowest BCUT2D eigenvalue weighted by molar-refractivity contribution is -0.122. The second-order valence-electron chi connectivity index (χ2n) is 7.08. The summed E-state index contributed by atoms with van der Waals surface area (Å²) in [7, 11) is 0. The van der Waals surface area contributed by atoms with Gasteiger partial charge in [0.25, 0.3) is 0 Å². The van der Waals surface area contributed by atoms with Crippen LogP contribution in [0, 0.1) is 0 Å². The summed E-state index contributed by atoms with van der Waals surface area (Å²) < 4.78 is 0. The molecule has 134 valence electrons. The Morgan fingerprint density at radius 2 is 1.79 bits per heavy atom. The van der Waals surface area contributed by atoms with Gasteiger partial charge in [-0.3, -0.25) is 4.79 Å². The molecule has 0 aliphatic carbocycles. The number of piperidine rings is 1. The molecular formula is C21H34N2O. The zero-order valence-corrected chi connectivity index (χ0v) is 15.3. The fourth-order valence-corrected chi connectivity index (χ4v) is 3.42. The fourth-order valence-electron chi connectivity index (χ4n) is 3.42. The van der Waals surface area contributed by atoms with Gasteiger partial charge in [0.15, 0.2) is 0 Å². The third kappa shape index (κ3) is 7.48. The Hall–Kier alpha value is -1.35. The minimum Gasteiger partial charge on any atom is -0.353 e. The molecule has 1 aromatic rings. The van der Waals surface area contributed by atoms with Crippen molar-refractivity contribution in [3.63, 3.8) is 0 Å². The number of amides is 1. The van der Waals surface area contributed by atoms with E-state index in [-0.39, 0.29) is 5.91 Å². The third-order valence-corrected chi connectivity index (χ3v) is 5.02. The summed E-state index contributed by atoms with van der Waals surface area (Å²) in [6.45, 7) is 5.56. The van der Waals surface area contributed by atoms with E-state index in [0.29, 0.717) is 12.5 Å².